The summed E-state index contributed by atoms with van der Waals surface area (Å²) in [5.41, 5.74) is 0. The van der Waals surface area contributed by atoms with Gasteiger partial charge in [-0.05, 0) is 31.7 Å². The molecule has 2 fully saturated rings. The molecule has 1 aromatic heterocycles. The Bertz CT molecular complexity index is 547. The smallest absolute Gasteiger partial charge is 0.214 e. The van der Waals surface area contributed by atoms with Gasteiger partial charge in [-0.3, -0.25) is 4.68 Å². The first kappa shape index (κ1) is 15.9. The maximum Gasteiger partial charge on any atom is 0.214 e. The normalized spacial score (nSPS) is 30.3. The zero-order chi connectivity index (χ0) is 15.4. The first-order chi connectivity index (χ1) is 10.6. The molecule has 0 spiro atoms. The van der Waals surface area contributed by atoms with Crippen LogP contribution < -0.4 is 4.72 Å². The summed E-state index contributed by atoms with van der Waals surface area (Å²) in [5, 5.41) is 4.26. The fourth-order valence-corrected chi connectivity index (χ4v) is 4.66. The SMILES string of the molecule is O=S(=O)(CC1COCCO1)NC1CCC(n2cccn2)CC1. The molecule has 0 bridgehead atoms. The molecule has 8 heteroatoms. The van der Waals surface area contributed by atoms with Crippen molar-refractivity contribution in [1.82, 2.24) is 14.5 Å². The monoisotopic (exact) mass is 329 g/mol. The van der Waals surface area contributed by atoms with Gasteiger partial charge in [0.2, 0.25) is 10.0 Å². The van der Waals surface area contributed by atoms with Crippen LogP contribution in [0.25, 0.3) is 0 Å². The molecule has 0 radical (unpaired) electrons. The lowest BCUT2D eigenvalue weighted by Gasteiger charge is -2.30. The van der Waals surface area contributed by atoms with Crippen molar-refractivity contribution in [1.29, 1.82) is 0 Å². The Balaban J connectivity index is 1.47. The molecule has 0 aromatic carbocycles. The van der Waals surface area contributed by atoms with Crippen molar-refractivity contribution in [2.24, 2.45) is 0 Å². The van der Waals surface area contributed by atoms with E-state index in [1.807, 2.05) is 16.9 Å². The Hall–Kier alpha value is -0.960. The summed E-state index contributed by atoms with van der Waals surface area (Å²) < 4.78 is 39.9. The molecule has 1 saturated carbocycles. The summed E-state index contributed by atoms with van der Waals surface area (Å²) in [7, 11) is -3.33. The molecule has 7 nitrogen and oxygen atoms in total. The number of rotatable bonds is 5. The fraction of sp³-hybridized carbons (Fsp3) is 0.786. The van der Waals surface area contributed by atoms with Gasteiger partial charge in [-0.15, -0.1) is 0 Å². The lowest BCUT2D eigenvalue weighted by atomic mass is 9.92. The quantitative estimate of drug-likeness (QED) is 0.860. The molecule has 1 saturated heterocycles. The molecule has 1 atom stereocenters. The van der Waals surface area contributed by atoms with E-state index in [2.05, 4.69) is 9.82 Å². The molecule has 0 amide bonds. The zero-order valence-electron chi connectivity index (χ0n) is 12.6. The number of nitrogens with one attached hydrogen (secondary N) is 1. The van der Waals surface area contributed by atoms with E-state index in [1.54, 1.807) is 6.20 Å². The molecule has 1 aliphatic carbocycles. The van der Waals surface area contributed by atoms with Crippen molar-refractivity contribution in [3.05, 3.63) is 18.5 Å². The van der Waals surface area contributed by atoms with Gasteiger partial charge < -0.3 is 9.47 Å². The molecule has 124 valence electrons. The minimum Gasteiger partial charge on any atom is -0.376 e. The lowest BCUT2D eigenvalue weighted by Crippen LogP contribution is -2.44. The maximum atomic E-state index is 12.2. The van der Waals surface area contributed by atoms with Crippen molar-refractivity contribution in [3.8, 4) is 0 Å². The van der Waals surface area contributed by atoms with Gasteiger partial charge in [0.1, 0.15) is 0 Å². The molecule has 1 aliphatic heterocycles. The summed E-state index contributed by atoms with van der Waals surface area (Å²) in [6.45, 7) is 1.36. The minimum absolute atomic E-state index is 0.0151. The topological polar surface area (TPSA) is 82.5 Å². The summed E-state index contributed by atoms with van der Waals surface area (Å²) in [4.78, 5) is 0. The van der Waals surface area contributed by atoms with E-state index >= 15 is 0 Å². The third-order valence-electron chi connectivity index (χ3n) is 4.23. The molecular formula is C14H23N3O4S. The van der Waals surface area contributed by atoms with Crippen LogP contribution in [0.1, 0.15) is 31.7 Å². The number of nitrogens with zero attached hydrogens (tertiary/aromatic N) is 2. The van der Waals surface area contributed by atoms with E-state index in [0.717, 1.165) is 25.7 Å². The second kappa shape index (κ2) is 7.08. The first-order valence-electron chi connectivity index (χ1n) is 7.81. The van der Waals surface area contributed by atoms with Gasteiger partial charge in [-0.25, -0.2) is 13.1 Å². The van der Waals surface area contributed by atoms with Crippen molar-refractivity contribution in [2.45, 2.75) is 43.9 Å². The molecule has 1 aromatic rings. The van der Waals surface area contributed by atoms with Crippen molar-refractivity contribution < 1.29 is 17.9 Å². The number of hydrogen-bond donors (Lipinski definition) is 1. The average molecular weight is 329 g/mol. The molecule has 22 heavy (non-hydrogen) atoms. The Morgan fingerprint density at radius 2 is 2.05 bits per heavy atom. The van der Waals surface area contributed by atoms with Gasteiger partial charge >= 0.3 is 0 Å². The van der Waals surface area contributed by atoms with Gasteiger partial charge in [0.15, 0.2) is 0 Å². The van der Waals surface area contributed by atoms with Crippen LogP contribution in [0.15, 0.2) is 18.5 Å². The number of hydrogen-bond acceptors (Lipinski definition) is 5. The van der Waals surface area contributed by atoms with E-state index in [0.29, 0.717) is 25.9 Å². The number of sulfonamides is 1. The van der Waals surface area contributed by atoms with E-state index in [9.17, 15) is 8.42 Å². The third kappa shape index (κ3) is 4.28. The summed E-state index contributed by atoms with van der Waals surface area (Å²) in [6, 6.07) is 2.31. The standard InChI is InChI=1S/C14H23N3O4S/c18-22(19,11-14-10-20-8-9-21-14)16-12-2-4-13(5-3-12)17-7-1-6-15-17/h1,6-7,12-14,16H,2-5,8-11H2. The largest absolute Gasteiger partial charge is 0.376 e. The Kier molecular flexibility index (Phi) is 5.12. The van der Waals surface area contributed by atoms with E-state index in [1.165, 1.54) is 0 Å². The van der Waals surface area contributed by atoms with Crippen LogP contribution in [0.4, 0.5) is 0 Å². The Morgan fingerprint density at radius 3 is 2.68 bits per heavy atom. The minimum atomic E-state index is -3.33. The predicted molar refractivity (Wildman–Crippen MR) is 81.0 cm³/mol. The molecule has 2 aliphatic rings. The van der Waals surface area contributed by atoms with Gasteiger partial charge in [-0.1, -0.05) is 0 Å². The Labute approximate surface area is 131 Å². The van der Waals surface area contributed by atoms with Crippen molar-refractivity contribution >= 4 is 10.0 Å². The van der Waals surface area contributed by atoms with Crippen LogP contribution in [0.3, 0.4) is 0 Å². The predicted octanol–water partition coefficient (Wildman–Crippen LogP) is 0.702. The fourth-order valence-electron chi connectivity index (χ4n) is 3.13. The molecular weight excluding hydrogens is 306 g/mol. The molecule has 1 N–H and O–H groups in total. The van der Waals surface area contributed by atoms with Crippen molar-refractivity contribution in [3.63, 3.8) is 0 Å². The van der Waals surface area contributed by atoms with Gasteiger partial charge in [0, 0.05) is 18.4 Å². The summed E-state index contributed by atoms with van der Waals surface area (Å²) in [6.07, 6.45) is 6.95. The highest BCUT2D eigenvalue weighted by Gasteiger charge is 2.28. The van der Waals surface area contributed by atoms with E-state index in [4.69, 9.17) is 9.47 Å². The van der Waals surface area contributed by atoms with Crippen LogP contribution in [0.2, 0.25) is 0 Å². The first-order valence-corrected chi connectivity index (χ1v) is 9.46. The molecule has 2 heterocycles. The highest BCUT2D eigenvalue weighted by Crippen LogP contribution is 2.28. The zero-order valence-corrected chi connectivity index (χ0v) is 13.4. The highest BCUT2D eigenvalue weighted by molar-refractivity contribution is 7.89. The highest BCUT2D eigenvalue weighted by atomic mass is 32.2. The van der Waals surface area contributed by atoms with Gasteiger partial charge in [0.05, 0.1) is 37.7 Å². The van der Waals surface area contributed by atoms with Crippen LogP contribution in [0, 0.1) is 0 Å². The lowest BCUT2D eigenvalue weighted by molar-refractivity contribution is -0.0783. The van der Waals surface area contributed by atoms with E-state index in [-0.39, 0.29) is 17.9 Å². The summed E-state index contributed by atoms with van der Waals surface area (Å²) in [5.74, 6) is -0.0217. The van der Waals surface area contributed by atoms with Gasteiger partial charge in [0.25, 0.3) is 0 Å². The molecule has 1 unspecified atom stereocenters. The van der Waals surface area contributed by atoms with Gasteiger partial charge in [-0.2, -0.15) is 5.10 Å². The average Bonchev–Trinajstić information content (AvgIpc) is 3.02. The van der Waals surface area contributed by atoms with Crippen LogP contribution in [-0.4, -0.2) is 55.9 Å². The van der Waals surface area contributed by atoms with Crippen LogP contribution in [-0.2, 0) is 19.5 Å². The van der Waals surface area contributed by atoms with Crippen LogP contribution >= 0.6 is 0 Å². The van der Waals surface area contributed by atoms with Crippen LogP contribution in [0.5, 0.6) is 0 Å². The Morgan fingerprint density at radius 1 is 1.23 bits per heavy atom. The summed E-state index contributed by atoms with van der Waals surface area (Å²) >= 11 is 0. The second-order valence-electron chi connectivity index (χ2n) is 5.96. The maximum absolute atomic E-state index is 12.2. The second-order valence-corrected chi connectivity index (χ2v) is 7.76. The number of ether oxygens (including phenoxy) is 2. The van der Waals surface area contributed by atoms with E-state index < -0.39 is 10.0 Å². The third-order valence-corrected chi connectivity index (χ3v) is 5.74. The number of aromatic nitrogens is 2. The molecule has 3 rings (SSSR count). The van der Waals surface area contributed by atoms with Crippen molar-refractivity contribution in [2.75, 3.05) is 25.6 Å².